The summed E-state index contributed by atoms with van der Waals surface area (Å²) in [6.45, 7) is 0.214. The fraction of sp³-hybridized carbons (Fsp3) is 0.143. The summed E-state index contributed by atoms with van der Waals surface area (Å²) >= 11 is 0. The Morgan fingerprint density at radius 2 is 1.81 bits per heavy atom. The molecule has 6 heteroatoms. The maximum Gasteiger partial charge on any atom is 0.255 e. The second-order valence-corrected chi connectivity index (χ2v) is 5.64. The molecule has 0 atom stereocenters. The Morgan fingerprint density at radius 3 is 2.56 bits per heavy atom. The molecule has 1 heterocycles. The molecular weight excluding hydrogens is 344 g/mol. The molecule has 0 unspecified atom stereocenters. The van der Waals surface area contributed by atoms with Gasteiger partial charge < -0.3 is 19.5 Å². The predicted octanol–water partition coefficient (Wildman–Crippen LogP) is 3.93. The molecule has 138 valence electrons. The minimum absolute atomic E-state index is 0.214. The number of carbonyl (C=O) groups excluding carboxylic acids is 1. The smallest absolute Gasteiger partial charge is 0.255 e. The average molecular weight is 364 g/mol. The number of rotatable bonds is 7. The number of amides is 1. The summed E-state index contributed by atoms with van der Waals surface area (Å²) in [7, 11) is 3.19. The van der Waals surface area contributed by atoms with Gasteiger partial charge in [0.05, 0.1) is 14.2 Å². The first-order chi connectivity index (χ1) is 13.2. The number of pyridine rings is 1. The topological polar surface area (TPSA) is 69.7 Å². The summed E-state index contributed by atoms with van der Waals surface area (Å²) in [5.41, 5.74) is 1.86. The standard InChI is InChI=1S/C21H20N2O4/c1-25-17-10-11-19(26-2)16(13-17)14-27-21-18(9-6-12-22-21)23-20(24)15-7-4-3-5-8-15/h3-13H,14H2,1-2H3,(H,23,24). The zero-order valence-electron chi connectivity index (χ0n) is 15.1. The van der Waals surface area contributed by atoms with Crippen molar-refractivity contribution in [2.45, 2.75) is 6.61 Å². The van der Waals surface area contributed by atoms with Crippen LogP contribution in [0.15, 0.2) is 66.9 Å². The fourth-order valence-corrected chi connectivity index (χ4v) is 2.53. The van der Waals surface area contributed by atoms with Crippen molar-refractivity contribution in [3.8, 4) is 17.4 Å². The SMILES string of the molecule is COc1ccc(OC)c(COc2ncccc2NC(=O)c2ccccc2)c1. The molecule has 1 aromatic heterocycles. The fourth-order valence-electron chi connectivity index (χ4n) is 2.53. The highest BCUT2D eigenvalue weighted by Crippen LogP contribution is 2.27. The van der Waals surface area contributed by atoms with Gasteiger partial charge in [0.2, 0.25) is 5.88 Å². The first-order valence-electron chi connectivity index (χ1n) is 8.36. The number of hydrogen-bond donors (Lipinski definition) is 1. The van der Waals surface area contributed by atoms with Gasteiger partial charge in [0.1, 0.15) is 23.8 Å². The van der Waals surface area contributed by atoms with Crippen molar-refractivity contribution in [3.63, 3.8) is 0 Å². The second kappa shape index (κ2) is 8.71. The number of nitrogens with one attached hydrogen (secondary N) is 1. The molecule has 3 rings (SSSR count). The number of aromatic nitrogens is 1. The lowest BCUT2D eigenvalue weighted by Gasteiger charge is -2.14. The molecule has 0 spiro atoms. The highest BCUT2D eigenvalue weighted by atomic mass is 16.5. The molecule has 0 saturated carbocycles. The summed E-state index contributed by atoms with van der Waals surface area (Å²) < 4.78 is 16.4. The lowest BCUT2D eigenvalue weighted by atomic mass is 10.2. The molecule has 0 aliphatic rings. The van der Waals surface area contributed by atoms with E-state index >= 15 is 0 Å². The Bertz CT molecular complexity index is 913. The Morgan fingerprint density at radius 1 is 1.00 bits per heavy atom. The molecule has 0 radical (unpaired) electrons. The quantitative estimate of drug-likeness (QED) is 0.688. The molecular formula is C21H20N2O4. The molecule has 0 aliphatic heterocycles. The van der Waals surface area contributed by atoms with Gasteiger partial charge in [-0.05, 0) is 42.5 Å². The van der Waals surface area contributed by atoms with Crippen LogP contribution >= 0.6 is 0 Å². The number of ether oxygens (including phenoxy) is 3. The van der Waals surface area contributed by atoms with Crippen LogP contribution in [0, 0.1) is 0 Å². The van der Waals surface area contributed by atoms with Crippen LogP contribution in [0.5, 0.6) is 17.4 Å². The van der Waals surface area contributed by atoms with Gasteiger partial charge in [-0.2, -0.15) is 0 Å². The van der Waals surface area contributed by atoms with Crippen molar-refractivity contribution in [3.05, 3.63) is 78.0 Å². The van der Waals surface area contributed by atoms with Gasteiger partial charge in [-0.15, -0.1) is 0 Å². The van der Waals surface area contributed by atoms with Crippen LogP contribution in [0.2, 0.25) is 0 Å². The van der Waals surface area contributed by atoms with Crippen molar-refractivity contribution in [2.24, 2.45) is 0 Å². The molecule has 27 heavy (non-hydrogen) atoms. The maximum atomic E-state index is 12.4. The Labute approximate surface area is 157 Å². The van der Waals surface area contributed by atoms with Crippen molar-refractivity contribution in [1.29, 1.82) is 0 Å². The summed E-state index contributed by atoms with van der Waals surface area (Å²) in [5.74, 6) is 1.48. The summed E-state index contributed by atoms with van der Waals surface area (Å²) in [5, 5.41) is 2.83. The van der Waals surface area contributed by atoms with E-state index in [0.29, 0.717) is 28.6 Å². The van der Waals surface area contributed by atoms with Gasteiger partial charge in [-0.25, -0.2) is 4.98 Å². The molecule has 3 aromatic rings. The maximum absolute atomic E-state index is 12.4. The van der Waals surface area contributed by atoms with Gasteiger partial charge in [-0.3, -0.25) is 4.79 Å². The van der Waals surface area contributed by atoms with Crippen LogP contribution in [0.25, 0.3) is 0 Å². The van der Waals surface area contributed by atoms with Gasteiger partial charge >= 0.3 is 0 Å². The molecule has 2 aromatic carbocycles. The second-order valence-electron chi connectivity index (χ2n) is 5.64. The van der Waals surface area contributed by atoms with Crippen LogP contribution in [0.3, 0.4) is 0 Å². The number of carbonyl (C=O) groups is 1. The molecule has 0 fully saturated rings. The van der Waals surface area contributed by atoms with E-state index in [1.807, 2.05) is 36.4 Å². The molecule has 6 nitrogen and oxygen atoms in total. The highest BCUT2D eigenvalue weighted by Gasteiger charge is 2.12. The normalized spacial score (nSPS) is 10.1. The number of methoxy groups -OCH3 is 2. The monoisotopic (exact) mass is 364 g/mol. The van der Waals surface area contributed by atoms with Crippen molar-refractivity contribution in [1.82, 2.24) is 4.98 Å². The van der Waals surface area contributed by atoms with Crippen LogP contribution in [-0.4, -0.2) is 25.1 Å². The average Bonchev–Trinajstić information content (AvgIpc) is 2.73. The lowest BCUT2D eigenvalue weighted by Crippen LogP contribution is -2.13. The molecule has 0 bridgehead atoms. The minimum Gasteiger partial charge on any atom is -0.497 e. The summed E-state index contributed by atoms with van der Waals surface area (Å²) in [6.07, 6.45) is 1.61. The highest BCUT2D eigenvalue weighted by molar-refractivity contribution is 6.04. The van der Waals surface area contributed by atoms with E-state index in [9.17, 15) is 4.79 Å². The van der Waals surface area contributed by atoms with E-state index in [-0.39, 0.29) is 12.5 Å². The molecule has 1 N–H and O–H groups in total. The Hall–Kier alpha value is -3.54. The number of hydrogen-bond acceptors (Lipinski definition) is 5. The van der Waals surface area contributed by atoms with Crippen LogP contribution in [-0.2, 0) is 6.61 Å². The number of anilines is 1. The van der Waals surface area contributed by atoms with Crippen LogP contribution in [0.4, 0.5) is 5.69 Å². The first kappa shape index (κ1) is 18.3. The predicted molar refractivity (Wildman–Crippen MR) is 103 cm³/mol. The molecule has 0 aliphatic carbocycles. The zero-order valence-corrected chi connectivity index (χ0v) is 15.1. The minimum atomic E-state index is -0.229. The van der Waals surface area contributed by atoms with E-state index < -0.39 is 0 Å². The van der Waals surface area contributed by atoms with E-state index in [2.05, 4.69) is 10.3 Å². The Balaban J connectivity index is 1.76. The zero-order chi connectivity index (χ0) is 19.1. The molecule has 1 amide bonds. The third-order valence-corrected chi connectivity index (χ3v) is 3.91. The van der Waals surface area contributed by atoms with Crippen LogP contribution < -0.4 is 19.5 Å². The largest absolute Gasteiger partial charge is 0.497 e. The Kier molecular flexibility index (Phi) is 5.89. The number of benzene rings is 2. The van der Waals surface area contributed by atoms with Crippen LogP contribution in [0.1, 0.15) is 15.9 Å². The number of nitrogens with zero attached hydrogens (tertiary/aromatic N) is 1. The summed E-state index contributed by atoms with van der Waals surface area (Å²) in [4.78, 5) is 16.6. The van der Waals surface area contributed by atoms with Crippen molar-refractivity contribution in [2.75, 3.05) is 19.5 Å². The molecule has 0 saturated heterocycles. The third-order valence-electron chi connectivity index (χ3n) is 3.91. The lowest BCUT2D eigenvalue weighted by molar-refractivity contribution is 0.102. The van der Waals surface area contributed by atoms with E-state index in [0.717, 1.165) is 5.56 Å². The van der Waals surface area contributed by atoms with E-state index in [1.54, 1.807) is 44.7 Å². The summed E-state index contributed by atoms with van der Waals surface area (Å²) in [6, 6.07) is 17.9. The van der Waals surface area contributed by atoms with E-state index in [1.165, 1.54) is 0 Å². The third kappa shape index (κ3) is 4.55. The van der Waals surface area contributed by atoms with Gasteiger partial charge in [0.15, 0.2) is 0 Å². The van der Waals surface area contributed by atoms with E-state index in [4.69, 9.17) is 14.2 Å². The van der Waals surface area contributed by atoms with Gasteiger partial charge in [-0.1, -0.05) is 18.2 Å². The van der Waals surface area contributed by atoms with Gasteiger partial charge in [0, 0.05) is 17.3 Å². The first-order valence-corrected chi connectivity index (χ1v) is 8.36. The van der Waals surface area contributed by atoms with Crippen molar-refractivity contribution < 1.29 is 19.0 Å². The van der Waals surface area contributed by atoms with Gasteiger partial charge in [0.25, 0.3) is 5.91 Å². The van der Waals surface area contributed by atoms with Crippen molar-refractivity contribution >= 4 is 11.6 Å².